The molecule has 0 aliphatic carbocycles. The summed E-state index contributed by atoms with van der Waals surface area (Å²) >= 11 is 1.24. The normalized spacial score (nSPS) is 21.7. The van der Waals surface area contributed by atoms with Gasteiger partial charge in [-0.3, -0.25) is 4.79 Å². The number of carboxylic acid groups (broad SMARTS) is 1. The van der Waals surface area contributed by atoms with Crippen LogP contribution in [0.2, 0.25) is 0 Å². The molecule has 0 spiro atoms. The van der Waals surface area contributed by atoms with Crippen LogP contribution in [0.3, 0.4) is 0 Å². The van der Waals surface area contributed by atoms with Crippen LogP contribution in [0.1, 0.15) is 26.7 Å². The fourth-order valence-electron chi connectivity index (χ4n) is 4.41. The van der Waals surface area contributed by atoms with Crippen molar-refractivity contribution in [2.24, 2.45) is 11.8 Å². The van der Waals surface area contributed by atoms with E-state index < -0.39 is 22.2 Å². The Morgan fingerprint density at radius 3 is 2.25 bits per heavy atom. The lowest BCUT2D eigenvalue weighted by atomic mass is 9.92. The molecule has 2 saturated heterocycles. The molecule has 2 aliphatic heterocycles. The molecule has 206 valence electrons. The van der Waals surface area contributed by atoms with Gasteiger partial charge in [-0.15, -0.1) is 11.3 Å². The third kappa shape index (κ3) is 9.61. The fraction of sp³-hybridized carbons (Fsp3) is 0.727. The number of rotatable bonds is 8. The van der Waals surface area contributed by atoms with E-state index in [1.165, 1.54) is 22.1 Å². The van der Waals surface area contributed by atoms with Crippen LogP contribution in [0.15, 0.2) is 21.7 Å². The first kappa shape index (κ1) is 30.5. The highest BCUT2D eigenvalue weighted by atomic mass is 32.2. The average Bonchev–Trinajstić information content (AvgIpc) is 3.34. The molecule has 14 heteroatoms. The van der Waals surface area contributed by atoms with Crippen molar-refractivity contribution in [2.45, 2.75) is 37.1 Å². The number of carbonyl (C=O) groups is 2. The van der Waals surface area contributed by atoms with Crippen molar-refractivity contribution in [1.82, 2.24) is 19.4 Å². The molecule has 2 atom stereocenters. The molecule has 2 unspecified atom stereocenters. The van der Waals surface area contributed by atoms with Crippen molar-refractivity contribution >= 4 is 33.2 Å². The maximum atomic E-state index is 13.2. The number of nitrogens with one attached hydrogen (secondary N) is 1. The van der Waals surface area contributed by atoms with Crippen molar-refractivity contribution < 1.29 is 36.3 Å². The minimum atomic E-state index is -5.08. The van der Waals surface area contributed by atoms with Gasteiger partial charge in [0.1, 0.15) is 4.21 Å². The number of hydrogen-bond donors (Lipinski definition) is 2. The summed E-state index contributed by atoms with van der Waals surface area (Å²) in [4.78, 5) is 25.7. The van der Waals surface area contributed by atoms with Crippen LogP contribution in [0.5, 0.6) is 0 Å². The number of alkyl halides is 3. The van der Waals surface area contributed by atoms with Crippen LogP contribution in [-0.4, -0.2) is 105 Å². The summed E-state index contributed by atoms with van der Waals surface area (Å²) in [5.41, 5.74) is 0. The highest BCUT2D eigenvalue weighted by molar-refractivity contribution is 7.91. The van der Waals surface area contributed by atoms with Gasteiger partial charge in [-0.05, 0) is 29.7 Å². The fourth-order valence-corrected chi connectivity index (χ4v) is 6.99. The van der Waals surface area contributed by atoms with Crippen molar-refractivity contribution in [3.05, 3.63) is 17.5 Å². The third-order valence-corrected chi connectivity index (χ3v) is 9.26. The van der Waals surface area contributed by atoms with Gasteiger partial charge in [-0.1, -0.05) is 19.9 Å². The monoisotopic (exact) mass is 556 g/mol. The zero-order valence-electron chi connectivity index (χ0n) is 20.5. The van der Waals surface area contributed by atoms with Crippen LogP contribution in [0, 0.1) is 11.8 Å². The standard InChI is InChI=1S/C20H34N4O3S2.C2HF3O2/c1-17-14-18(2)16-22(15-17)11-12-24(29(26,27)20-4-3-13-28-20)8-5-19(25)23-9-6-21-7-10-23;3-2(4,5)1(6)7/h3-4,13,17-18,21H,5-12,14-16H2,1-2H3;(H,6,7). The summed E-state index contributed by atoms with van der Waals surface area (Å²) in [6.07, 6.45) is -3.62. The summed E-state index contributed by atoms with van der Waals surface area (Å²) in [5, 5.41) is 12.1. The van der Waals surface area contributed by atoms with E-state index in [4.69, 9.17) is 9.90 Å². The number of hydrogen-bond acceptors (Lipinski definition) is 7. The number of sulfonamides is 1. The van der Waals surface area contributed by atoms with Gasteiger partial charge in [0.25, 0.3) is 10.0 Å². The molecule has 0 saturated carbocycles. The first-order valence-electron chi connectivity index (χ1n) is 11.8. The minimum absolute atomic E-state index is 0.0399. The SMILES string of the molecule is CC1CC(C)CN(CCN(CCC(=O)N2CCNCC2)S(=O)(=O)c2cccs2)C1.O=C(O)C(F)(F)F. The van der Waals surface area contributed by atoms with Crippen molar-refractivity contribution in [3.8, 4) is 0 Å². The topological polar surface area (TPSA) is 110 Å². The Morgan fingerprint density at radius 1 is 1.17 bits per heavy atom. The van der Waals surface area contributed by atoms with E-state index in [-0.39, 0.29) is 18.9 Å². The first-order chi connectivity index (χ1) is 16.8. The molecule has 2 N–H and O–H groups in total. The van der Waals surface area contributed by atoms with Crippen molar-refractivity contribution in [2.75, 3.05) is 58.9 Å². The number of carbonyl (C=O) groups excluding carboxylic acids is 1. The summed E-state index contributed by atoms with van der Waals surface area (Å²) in [5.74, 6) is -1.45. The van der Waals surface area contributed by atoms with Gasteiger partial charge in [-0.2, -0.15) is 17.5 Å². The largest absolute Gasteiger partial charge is 0.490 e. The summed E-state index contributed by atoms with van der Waals surface area (Å²) < 4.78 is 59.9. The lowest BCUT2D eigenvalue weighted by Gasteiger charge is -2.36. The second-order valence-corrected chi connectivity index (χ2v) is 12.3. The van der Waals surface area contributed by atoms with E-state index in [2.05, 4.69) is 24.1 Å². The molecule has 2 fully saturated rings. The molecule has 1 aromatic rings. The number of amides is 1. The number of carboxylic acids is 1. The summed E-state index contributed by atoms with van der Waals surface area (Å²) in [6.45, 7) is 10.9. The van der Waals surface area contributed by atoms with Gasteiger partial charge in [0, 0.05) is 65.3 Å². The van der Waals surface area contributed by atoms with E-state index in [0.717, 1.165) is 26.2 Å². The van der Waals surface area contributed by atoms with Crippen LogP contribution in [0.4, 0.5) is 13.2 Å². The number of likely N-dealkylation sites (tertiary alicyclic amines) is 1. The Bertz CT molecular complexity index is 928. The molecule has 0 radical (unpaired) electrons. The predicted octanol–water partition coefficient (Wildman–Crippen LogP) is 2.17. The maximum absolute atomic E-state index is 13.2. The smallest absolute Gasteiger partial charge is 0.475 e. The Balaban J connectivity index is 0.000000572. The zero-order valence-corrected chi connectivity index (χ0v) is 22.2. The van der Waals surface area contributed by atoms with E-state index in [9.17, 15) is 26.4 Å². The number of aliphatic carboxylic acids is 1. The molecule has 1 amide bonds. The summed E-state index contributed by atoms with van der Waals surface area (Å²) in [7, 11) is -3.57. The second kappa shape index (κ2) is 13.7. The first-order valence-corrected chi connectivity index (χ1v) is 14.2. The highest BCUT2D eigenvalue weighted by Crippen LogP contribution is 2.23. The molecule has 36 heavy (non-hydrogen) atoms. The van der Waals surface area contributed by atoms with Crippen molar-refractivity contribution in [1.29, 1.82) is 0 Å². The number of nitrogens with zero attached hydrogens (tertiary/aromatic N) is 3. The molecule has 0 bridgehead atoms. The van der Waals surface area contributed by atoms with Crippen molar-refractivity contribution in [3.63, 3.8) is 0 Å². The predicted molar refractivity (Wildman–Crippen MR) is 130 cm³/mol. The number of piperidine rings is 1. The lowest BCUT2D eigenvalue weighted by molar-refractivity contribution is -0.192. The number of piperazine rings is 1. The van der Waals surface area contributed by atoms with E-state index in [1.54, 1.807) is 17.5 Å². The van der Waals surface area contributed by atoms with Gasteiger partial charge in [0.15, 0.2) is 0 Å². The average molecular weight is 557 g/mol. The van der Waals surface area contributed by atoms with Gasteiger partial charge >= 0.3 is 12.1 Å². The third-order valence-electron chi connectivity index (χ3n) is 5.99. The molecular weight excluding hydrogens is 521 g/mol. The minimum Gasteiger partial charge on any atom is -0.475 e. The van der Waals surface area contributed by atoms with E-state index in [0.29, 0.717) is 42.2 Å². The number of halogens is 3. The molecule has 0 aromatic carbocycles. The molecule has 3 rings (SSSR count). The Kier molecular flexibility index (Phi) is 11.6. The second-order valence-electron chi connectivity index (χ2n) is 9.23. The Morgan fingerprint density at radius 2 is 1.75 bits per heavy atom. The number of thiophene rings is 1. The molecule has 2 aliphatic rings. The van der Waals surface area contributed by atoms with Gasteiger partial charge in [-0.25, -0.2) is 13.2 Å². The van der Waals surface area contributed by atoms with Gasteiger partial charge in [0.05, 0.1) is 0 Å². The van der Waals surface area contributed by atoms with E-state index in [1.807, 2.05) is 4.90 Å². The van der Waals surface area contributed by atoms with Crippen LogP contribution in [0.25, 0.3) is 0 Å². The Labute approximate surface area is 214 Å². The van der Waals surface area contributed by atoms with Crippen LogP contribution < -0.4 is 5.32 Å². The molecular formula is C22H35F3N4O5S2. The van der Waals surface area contributed by atoms with Gasteiger partial charge in [0.2, 0.25) is 5.91 Å². The summed E-state index contributed by atoms with van der Waals surface area (Å²) in [6, 6.07) is 3.41. The van der Waals surface area contributed by atoms with Gasteiger partial charge < -0.3 is 20.2 Å². The molecule has 3 heterocycles. The quantitative estimate of drug-likeness (QED) is 0.505. The van der Waals surface area contributed by atoms with Crippen LogP contribution >= 0.6 is 11.3 Å². The molecule has 1 aromatic heterocycles. The lowest BCUT2D eigenvalue weighted by Crippen LogP contribution is -2.48. The Hall–Kier alpha value is -1.74. The van der Waals surface area contributed by atoms with Crippen LogP contribution in [-0.2, 0) is 19.6 Å². The molecule has 9 nitrogen and oxygen atoms in total. The van der Waals surface area contributed by atoms with E-state index >= 15 is 0 Å². The zero-order chi connectivity index (χ0) is 26.9. The highest BCUT2D eigenvalue weighted by Gasteiger charge is 2.38. The maximum Gasteiger partial charge on any atom is 0.490 e.